The highest BCUT2D eigenvalue weighted by molar-refractivity contribution is 6.30. The predicted octanol–water partition coefficient (Wildman–Crippen LogP) is 4.09. The van der Waals surface area contributed by atoms with Gasteiger partial charge in [-0.05, 0) is 30.0 Å². The number of hydrogen-bond acceptors (Lipinski definition) is 1. The summed E-state index contributed by atoms with van der Waals surface area (Å²) in [5.41, 5.74) is 1.07. The van der Waals surface area contributed by atoms with E-state index < -0.39 is 5.97 Å². The molecule has 0 aliphatic carbocycles. The van der Waals surface area contributed by atoms with Crippen molar-refractivity contribution in [3.05, 3.63) is 34.9 Å². The van der Waals surface area contributed by atoms with Gasteiger partial charge in [0.15, 0.2) is 0 Å². The third-order valence-electron chi connectivity index (χ3n) is 2.67. The molecule has 0 aromatic heterocycles. The fourth-order valence-electron chi connectivity index (χ4n) is 1.78. The Balaban J connectivity index is 2.74. The lowest BCUT2D eigenvalue weighted by Gasteiger charge is -2.14. The first kappa shape index (κ1) is 13.0. The van der Waals surface area contributed by atoms with Gasteiger partial charge in [0.1, 0.15) is 0 Å². The maximum Gasteiger partial charge on any atom is 0.303 e. The largest absolute Gasteiger partial charge is 0.481 e. The topological polar surface area (TPSA) is 37.3 Å². The first-order chi connectivity index (χ1) is 7.63. The Hall–Kier alpha value is -1.02. The van der Waals surface area contributed by atoms with Gasteiger partial charge >= 0.3 is 5.97 Å². The van der Waals surface area contributed by atoms with Crippen LogP contribution >= 0.6 is 11.6 Å². The van der Waals surface area contributed by atoms with Crippen LogP contribution in [0.3, 0.4) is 0 Å². The van der Waals surface area contributed by atoms with Crippen LogP contribution in [-0.2, 0) is 4.79 Å². The highest BCUT2D eigenvalue weighted by atomic mass is 35.5. The number of carbonyl (C=O) groups is 1. The quantitative estimate of drug-likeness (QED) is 0.813. The molecule has 1 rings (SSSR count). The summed E-state index contributed by atoms with van der Waals surface area (Å²) >= 11 is 5.81. The summed E-state index contributed by atoms with van der Waals surface area (Å²) in [7, 11) is 0. The van der Waals surface area contributed by atoms with E-state index in [1.54, 1.807) is 0 Å². The van der Waals surface area contributed by atoms with Crippen LogP contribution in [0.1, 0.15) is 44.1 Å². The second-order valence-corrected chi connectivity index (χ2v) is 4.43. The van der Waals surface area contributed by atoms with Gasteiger partial charge in [-0.3, -0.25) is 4.79 Å². The fourth-order valence-corrected chi connectivity index (χ4v) is 1.91. The van der Waals surface area contributed by atoms with Crippen LogP contribution in [0.5, 0.6) is 0 Å². The predicted molar refractivity (Wildman–Crippen MR) is 66.0 cm³/mol. The first-order valence-electron chi connectivity index (χ1n) is 5.60. The van der Waals surface area contributed by atoms with Crippen molar-refractivity contribution < 1.29 is 9.90 Å². The first-order valence-corrected chi connectivity index (χ1v) is 5.98. The zero-order valence-corrected chi connectivity index (χ0v) is 10.2. The minimum Gasteiger partial charge on any atom is -0.481 e. The summed E-state index contributed by atoms with van der Waals surface area (Å²) < 4.78 is 0. The van der Waals surface area contributed by atoms with E-state index in [2.05, 4.69) is 6.92 Å². The van der Waals surface area contributed by atoms with Crippen molar-refractivity contribution in [1.29, 1.82) is 0 Å². The van der Waals surface area contributed by atoms with Gasteiger partial charge in [0, 0.05) is 5.02 Å². The molecule has 0 bridgehead atoms. The average molecular weight is 241 g/mol. The van der Waals surface area contributed by atoms with Crippen molar-refractivity contribution in [1.82, 2.24) is 0 Å². The van der Waals surface area contributed by atoms with Gasteiger partial charge in [-0.15, -0.1) is 0 Å². The number of carboxylic acid groups (broad SMARTS) is 1. The molecule has 0 spiro atoms. The van der Waals surface area contributed by atoms with E-state index in [1.807, 2.05) is 24.3 Å². The number of halogens is 1. The van der Waals surface area contributed by atoms with Crippen LogP contribution in [-0.4, -0.2) is 11.1 Å². The molecular weight excluding hydrogens is 224 g/mol. The maximum atomic E-state index is 10.8. The maximum absolute atomic E-state index is 10.8. The van der Waals surface area contributed by atoms with E-state index in [-0.39, 0.29) is 12.3 Å². The van der Waals surface area contributed by atoms with Crippen molar-refractivity contribution in [2.45, 2.75) is 38.5 Å². The number of rotatable bonds is 6. The smallest absolute Gasteiger partial charge is 0.303 e. The van der Waals surface area contributed by atoms with Gasteiger partial charge in [0.2, 0.25) is 0 Å². The number of benzene rings is 1. The Kier molecular flexibility index (Phi) is 5.33. The van der Waals surface area contributed by atoms with Crippen molar-refractivity contribution in [2.75, 3.05) is 0 Å². The van der Waals surface area contributed by atoms with Gasteiger partial charge in [-0.1, -0.05) is 43.5 Å². The van der Waals surface area contributed by atoms with Crippen LogP contribution in [0.15, 0.2) is 24.3 Å². The van der Waals surface area contributed by atoms with Gasteiger partial charge in [-0.2, -0.15) is 0 Å². The Morgan fingerprint density at radius 1 is 1.38 bits per heavy atom. The van der Waals surface area contributed by atoms with Gasteiger partial charge in [-0.25, -0.2) is 0 Å². The Morgan fingerprint density at radius 3 is 2.50 bits per heavy atom. The van der Waals surface area contributed by atoms with Crippen molar-refractivity contribution in [3.8, 4) is 0 Å². The highest BCUT2D eigenvalue weighted by Crippen LogP contribution is 2.26. The molecule has 0 aliphatic rings. The molecule has 0 aliphatic heterocycles. The normalized spacial score (nSPS) is 12.4. The van der Waals surface area contributed by atoms with Crippen molar-refractivity contribution in [2.24, 2.45) is 0 Å². The Labute approximate surface area is 101 Å². The number of aliphatic carboxylic acids is 1. The standard InChI is InChI=1S/C13H17ClO2/c1-2-3-4-11(9-13(15)16)10-5-7-12(14)8-6-10/h5-8,11H,2-4,9H2,1H3,(H,15,16)/t11-/m1/s1. The lowest BCUT2D eigenvalue weighted by molar-refractivity contribution is -0.137. The summed E-state index contributed by atoms with van der Waals surface area (Å²) in [5, 5.41) is 9.56. The van der Waals surface area contributed by atoms with Crippen LogP contribution < -0.4 is 0 Å². The summed E-state index contributed by atoms with van der Waals surface area (Å²) in [4.78, 5) is 10.8. The third-order valence-corrected chi connectivity index (χ3v) is 2.92. The van der Waals surface area contributed by atoms with Gasteiger partial charge < -0.3 is 5.11 Å². The second kappa shape index (κ2) is 6.54. The van der Waals surface area contributed by atoms with E-state index in [0.717, 1.165) is 24.8 Å². The molecule has 16 heavy (non-hydrogen) atoms. The summed E-state index contributed by atoms with van der Waals surface area (Å²) in [6, 6.07) is 7.48. The molecule has 1 N–H and O–H groups in total. The molecule has 3 heteroatoms. The molecule has 88 valence electrons. The van der Waals surface area contributed by atoms with E-state index >= 15 is 0 Å². The molecule has 0 unspecified atom stereocenters. The molecule has 0 heterocycles. The molecule has 1 aromatic rings. The molecule has 1 atom stereocenters. The summed E-state index contributed by atoms with van der Waals surface area (Å²) in [6.45, 7) is 2.11. The lowest BCUT2D eigenvalue weighted by Crippen LogP contribution is -2.06. The third kappa shape index (κ3) is 4.23. The average Bonchev–Trinajstić information content (AvgIpc) is 2.25. The minimum atomic E-state index is -0.740. The summed E-state index contributed by atoms with van der Waals surface area (Å²) in [5.74, 6) is -0.634. The van der Waals surface area contributed by atoms with E-state index in [9.17, 15) is 4.79 Å². The van der Waals surface area contributed by atoms with E-state index in [0.29, 0.717) is 5.02 Å². The zero-order valence-electron chi connectivity index (χ0n) is 9.45. The van der Waals surface area contributed by atoms with Gasteiger partial charge in [0.05, 0.1) is 6.42 Å². The van der Waals surface area contributed by atoms with Gasteiger partial charge in [0.25, 0.3) is 0 Å². The molecular formula is C13H17ClO2. The lowest BCUT2D eigenvalue weighted by atomic mass is 9.91. The SMILES string of the molecule is CCCC[C@H](CC(=O)O)c1ccc(Cl)cc1. The molecule has 2 nitrogen and oxygen atoms in total. The molecule has 0 saturated carbocycles. The van der Waals surface area contributed by atoms with Crippen LogP contribution in [0.4, 0.5) is 0 Å². The molecule has 1 aromatic carbocycles. The van der Waals surface area contributed by atoms with Crippen molar-refractivity contribution in [3.63, 3.8) is 0 Å². The highest BCUT2D eigenvalue weighted by Gasteiger charge is 2.14. The molecule has 0 fully saturated rings. The van der Waals surface area contributed by atoms with Crippen LogP contribution in [0.25, 0.3) is 0 Å². The molecule has 0 amide bonds. The molecule has 0 radical (unpaired) electrons. The van der Waals surface area contributed by atoms with Crippen molar-refractivity contribution >= 4 is 17.6 Å². The zero-order chi connectivity index (χ0) is 12.0. The Morgan fingerprint density at radius 2 is 2.00 bits per heavy atom. The van der Waals surface area contributed by atoms with E-state index in [1.165, 1.54) is 0 Å². The second-order valence-electron chi connectivity index (χ2n) is 3.99. The van der Waals surface area contributed by atoms with Crippen LogP contribution in [0.2, 0.25) is 5.02 Å². The number of hydrogen-bond donors (Lipinski definition) is 1. The summed E-state index contributed by atoms with van der Waals surface area (Å²) in [6.07, 6.45) is 3.26. The number of carboxylic acids is 1. The monoisotopic (exact) mass is 240 g/mol. The fraction of sp³-hybridized carbons (Fsp3) is 0.462. The van der Waals surface area contributed by atoms with E-state index in [4.69, 9.17) is 16.7 Å². The van der Waals surface area contributed by atoms with Crippen LogP contribution in [0, 0.1) is 0 Å². The number of unbranched alkanes of at least 4 members (excludes halogenated alkanes) is 1. The Bertz CT molecular complexity index is 332. The minimum absolute atomic E-state index is 0.106. The molecule has 0 saturated heterocycles.